The molecule has 1 saturated heterocycles. The van der Waals surface area contributed by atoms with Gasteiger partial charge in [0.25, 0.3) is 0 Å². The van der Waals surface area contributed by atoms with Gasteiger partial charge < -0.3 is 20.0 Å². The van der Waals surface area contributed by atoms with Gasteiger partial charge in [0, 0.05) is 36.5 Å². The molecule has 1 aliphatic heterocycles. The van der Waals surface area contributed by atoms with Crippen LogP contribution in [0.4, 0.5) is 21.7 Å². The quantitative estimate of drug-likeness (QED) is 0.276. The maximum absolute atomic E-state index is 14.3. The van der Waals surface area contributed by atoms with E-state index in [0.29, 0.717) is 23.9 Å². The lowest BCUT2D eigenvalue weighted by Crippen LogP contribution is -2.38. The minimum absolute atomic E-state index is 0.201. The minimum Gasteiger partial charge on any atom is -0.396 e. The zero-order valence-corrected chi connectivity index (χ0v) is 19.0. The predicted octanol–water partition coefficient (Wildman–Crippen LogP) is 3.15. The standard InChI is InChI=1S/C21H30FN7OS/c1-28(2)11-8-24-21(30-23)15-6-9-29(10-7-15)20-13-19(25-14-26-20)27-18-5-4-16(31-3)12-17(18)22/h4-5,12-15H,6-11,23H2,1-3H3,(H,25,26,27). The summed E-state index contributed by atoms with van der Waals surface area (Å²) in [7, 11) is 4.02. The van der Waals surface area contributed by atoms with Crippen LogP contribution in [0, 0.1) is 11.7 Å². The fourth-order valence-corrected chi connectivity index (χ4v) is 3.85. The van der Waals surface area contributed by atoms with Gasteiger partial charge in [-0.25, -0.2) is 14.4 Å². The first-order valence-corrected chi connectivity index (χ1v) is 11.5. The van der Waals surface area contributed by atoms with Crippen LogP contribution in [0.25, 0.3) is 0 Å². The number of likely N-dealkylation sites (N-methyl/N-ethyl adjacent to an activating group) is 1. The number of rotatable bonds is 8. The molecular weight excluding hydrogens is 417 g/mol. The molecule has 2 heterocycles. The number of aliphatic imine (C=N–C) groups is 1. The Bertz CT molecular complexity index is 888. The van der Waals surface area contributed by atoms with Gasteiger partial charge in [-0.2, -0.15) is 5.90 Å². The van der Waals surface area contributed by atoms with Gasteiger partial charge in [0.05, 0.1) is 12.2 Å². The van der Waals surface area contributed by atoms with E-state index in [0.717, 1.165) is 43.2 Å². The van der Waals surface area contributed by atoms with Gasteiger partial charge in [-0.1, -0.05) is 0 Å². The van der Waals surface area contributed by atoms with Gasteiger partial charge in [-0.15, -0.1) is 11.8 Å². The highest BCUT2D eigenvalue weighted by atomic mass is 32.2. The highest BCUT2D eigenvalue weighted by Crippen LogP contribution is 2.27. The molecule has 1 aliphatic rings. The Balaban J connectivity index is 1.61. The van der Waals surface area contributed by atoms with E-state index in [1.54, 1.807) is 6.07 Å². The van der Waals surface area contributed by atoms with E-state index in [1.807, 2.05) is 32.5 Å². The Labute approximate surface area is 187 Å². The lowest BCUT2D eigenvalue weighted by atomic mass is 9.96. The molecule has 0 amide bonds. The average molecular weight is 448 g/mol. The van der Waals surface area contributed by atoms with Crippen LogP contribution in [0.1, 0.15) is 12.8 Å². The number of anilines is 3. The fourth-order valence-electron chi connectivity index (χ4n) is 3.43. The largest absolute Gasteiger partial charge is 0.396 e. The molecule has 3 rings (SSSR count). The van der Waals surface area contributed by atoms with Crippen molar-refractivity contribution in [3.63, 3.8) is 0 Å². The number of thioether (sulfide) groups is 1. The highest BCUT2D eigenvalue weighted by molar-refractivity contribution is 7.98. The maximum atomic E-state index is 14.3. The van der Waals surface area contributed by atoms with Crippen LogP contribution in [0.5, 0.6) is 0 Å². The number of piperidine rings is 1. The number of aromatic nitrogens is 2. The second kappa shape index (κ2) is 11.3. The summed E-state index contributed by atoms with van der Waals surface area (Å²) in [6, 6.07) is 6.95. The fraction of sp³-hybridized carbons (Fsp3) is 0.476. The summed E-state index contributed by atoms with van der Waals surface area (Å²) in [6.07, 6.45) is 5.15. The van der Waals surface area contributed by atoms with E-state index < -0.39 is 0 Å². The summed E-state index contributed by atoms with van der Waals surface area (Å²) < 4.78 is 14.3. The summed E-state index contributed by atoms with van der Waals surface area (Å²) in [6.45, 7) is 3.11. The molecule has 31 heavy (non-hydrogen) atoms. The van der Waals surface area contributed by atoms with Crippen molar-refractivity contribution in [1.29, 1.82) is 0 Å². The van der Waals surface area contributed by atoms with Crippen molar-refractivity contribution < 1.29 is 9.23 Å². The van der Waals surface area contributed by atoms with Crippen molar-refractivity contribution in [3.8, 4) is 0 Å². The third-order valence-corrected chi connectivity index (χ3v) is 5.92. The molecule has 8 nitrogen and oxygen atoms in total. The molecule has 1 aromatic carbocycles. The van der Waals surface area contributed by atoms with Crippen molar-refractivity contribution in [2.24, 2.45) is 16.8 Å². The highest BCUT2D eigenvalue weighted by Gasteiger charge is 2.25. The van der Waals surface area contributed by atoms with Gasteiger partial charge in [0.15, 0.2) is 0 Å². The maximum Gasteiger partial charge on any atom is 0.212 e. The third-order valence-electron chi connectivity index (χ3n) is 5.20. The third kappa shape index (κ3) is 6.52. The summed E-state index contributed by atoms with van der Waals surface area (Å²) in [4.78, 5) is 23.4. The van der Waals surface area contributed by atoms with Crippen LogP contribution >= 0.6 is 11.8 Å². The molecule has 2 aromatic rings. The lowest BCUT2D eigenvalue weighted by molar-refractivity contribution is 0.278. The van der Waals surface area contributed by atoms with Gasteiger partial charge in [-0.05, 0) is 51.4 Å². The Morgan fingerprint density at radius 2 is 2.10 bits per heavy atom. The molecule has 0 saturated carbocycles. The van der Waals surface area contributed by atoms with Crippen molar-refractivity contribution in [2.75, 3.05) is 56.7 Å². The molecule has 0 spiro atoms. The van der Waals surface area contributed by atoms with E-state index in [1.165, 1.54) is 24.2 Å². The molecule has 1 fully saturated rings. The summed E-state index contributed by atoms with van der Waals surface area (Å²) in [5.41, 5.74) is 0.389. The van der Waals surface area contributed by atoms with Crippen LogP contribution in [0.2, 0.25) is 0 Å². The first kappa shape index (κ1) is 23.2. The number of nitrogens with zero attached hydrogens (tertiary/aromatic N) is 5. The van der Waals surface area contributed by atoms with Crippen LogP contribution in [-0.4, -0.2) is 67.3 Å². The van der Waals surface area contributed by atoms with Crippen molar-refractivity contribution in [1.82, 2.24) is 14.9 Å². The minimum atomic E-state index is -0.310. The number of hydrogen-bond acceptors (Lipinski definition) is 9. The average Bonchev–Trinajstić information content (AvgIpc) is 2.78. The Hall–Kier alpha value is -2.43. The van der Waals surface area contributed by atoms with E-state index in [9.17, 15) is 4.39 Å². The Kier molecular flexibility index (Phi) is 8.44. The number of nitrogens with two attached hydrogens (primary N) is 1. The normalized spacial score (nSPS) is 15.4. The van der Waals surface area contributed by atoms with Crippen LogP contribution in [0.3, 0.4) is 0 Å². The number of nitrogens with one attached hydrogen (secondary N) is 1. The second-order valence-electron chi connectivity index (χ2n) is 7.63. The molecule has 0 unspecified atom stereocenters. The van der Waals surface area contributed by atoms with Crippen LogP contribution in [-0.2, 0) is 4.84 Å². The molecule has 168 valence electrons. The molecular formula is C21H30FN7OS. The molecule has 0 atom stereocenters. The SMILES string of the molecule is CSc1ccc(Nc2cc(N3CCC(C(=NCCN(C)C)ON)CC3)ncn2)c(F)c1. The topological polar surface area (TPSA) is 91.9 Å². The zero-order valence-electron chi connectivity index (χ0n) is 18.2. The summed E-state index contributed by atoms with van der Waals surface area (Å²) in [5.74, 6) is 7.34. The number of hydrogen-bond donors (Lipinski definition) is 2. The van der Waals surface area contributed by atoms with E-state index in [4.69, 9.17) is 10.7 Å². The monoisotopic (exact) mass is 447 g/mol. The summed E-state index contributed by atoms with van der Waals surface area (Å²) in [5, 5.41) is 3.05. The smallest absolute Gasteiger partial charge is 0.212 e. The van der Waals surface area contributed by atoms with Crippen molar-refractivity contribution >= 4 is 35.0 Å². The lowest BCUT2D eigenvalue weighted by Gasteiger charge is -2.32. The summed E-state index contributed by atoms with van der Waals surface area (Å²) >= 11 is 1.50. The van der Waals surface area contributed by atoms with Gasteiger partial charge >= 0.3 is 0 Å². The molecule has 0 bridgehead atoms. The number of benzene rings is 1. The van der Waals surface area contributed by atoms with Crippen molar-refractivity contribution in [2.45, 2.75) is 17.7 Å². The first-order chi connectivity index (χ1) is 15.0. The van der Waals surface area contributed by atoms with Gasteiger partial charge in [0.1, 0.15) is 23.8 Å². The first-order valence-electron chi connectivity index (χ1n) is 10.2. The second-order valence-corrected chi connectivity index (χ2v) is 8.51. The van der Waals surface area contributed by atoms with E-state index in [2.05, 4.69) is 30.1 Å². The molecule has 3 N–H and O–H groups in total. The van der Waals surface area contributed by atoms with Crippen LogP contribution < -0.4 is 16.1 Å². The van der Waals surface area contributed by atoms with Crippen molar-refractivity contribution in [3.05, 3.63) is 36.4 Å². The number of halogens is 1. The predicted molar refractivity (Wildman–Crippen MR) is 125 cm³/mol. The molecule has 10 heteroatoms. The van der Waals surface area contributed by atoms with E-state index >= 15 is 0 Å². The van der Waals surface area contributed by atoms with E-state index in [-0.39, 0.29) is 11.7 Å². The Morgan fingerprint density at radius 3 is 2.74 bits per heavy atom. The molecule has 1 aromatic heterocycles. The zero-order chi connectivity index (χ0) is 22.2. The van der Waals surface area contributed by atoms with Crippen LogP contribution in [0.15, 0.2) is 40.5 Å². The molecule has 0 aliphatic carbocycles. The van der Waals surface area contributed by atoms with Gasteiger partial charge in [0.2, 0.25) is 5.90 Å². The molecule has 0 radical (unpaired) electrons. The van der Waals surface area contributed by atoms with Gasteiger partial charge in [-0.3, -0.25) is 4.99 Å². The Morgan fingerprint density at radius 1 is 1.32 bits per heavy atom.